The summed E-state index contributed by atoms with van der Waals surface area (Å²) in [6, 6.07) is 15.0. The van der Waals surface area contributed by atoms with Crippen molar-refractivity contribution in [2.45, 2.75) is 39.5 Å². The van der Waals surface area contributed by atoms with Gasteiger partial charge in [-0.25, -0.2) is 0 Å². The van der Waals surface area contributed by atoms with E-state index < -0.39 is 0 Å². The summed E-state index contributed by atoms with van der Waals surface area (Å²) < 4.78 is 5.79. The number of nitrogens with one attached hydrogen (secondary N) is 2. The minimum atomic E-state index is -0.279. The highest BCUT2D eigenvalue weighted by Crippen LogP contribution is 2.18. The predicted molar refractivity (Wildman–Crippen MR) is 111 cm³/mol. The first-order valence-corrected chi connectivity index (χ1v) is 9.42. The number of carbonyl (C=O) groups is 1. The van der Waals surface area contributed by atoms with E-state index >= 15 is 0 Å². The van der Waals surface area contributed by atoms with Crippen molar-refractivity contribution in [1.82, 2.24) is 5.32 Å². The van der Waals surface area contributed by atoms with Gasteiger partial charge in [0.05, 0.1) is 12.2 Å². The highest BCUT2D eigenvalue weighted by atomic mass is 32.1. The van der Waals surface area contributed by atoms with Crippen LogP contribution in [0.5, 0.6) is 5.75 Å². The summed E-state index contributed by atoms with van der Waals surface area (Å²) >= 11 is 5.24. The average Bonchev–Trinajstić information content (AvgIpc) is 2.63. The monoisotopic (exact) mass is 370 g/mol. The molecule has 0 spiro atoms. The van der Waals surface area contributed by atoms with Gasteiger partial charge in [-0.15, -0.1) is 0 Å². The van der Waals surface area contributed by atoms with E-state index in [9.17, 15) is 4.79 Å². The Kier molecular flexibility index (Phi) is 8.09. The largest absolute Gasteiger partial charge is 0.493 e. The van der Waals surface area contributed by atoms with Gasteiger partial charge in [-0.2, -0.15) is 0 Å². The van der Waals surface area contributed by atoms with Crippen LogP contribution in [-0.4, -0.2) is 17.6 Å². The van der Waals surface area contributed by atoms with Gasteiger partial charge in [0.25, 0.3) is 5.91 Å². The molecule has 4 nitrogen and oxygen atoms in total. The molecule has 0 saturated heterocycles. The van der Waals surface area contributed by atoms with Gasteiger partial charge in [-0.05, 0) is 49.8 Å². The van der Waals surface area contributed by atoms with Gasteiger partial charge in [0.15, 0.2) is 5.11 Å². The molecule has 0 aliphatic rings. The summed E-state index contributed by atoms with van der Waals surface area (Å²) in [4.78, 5) is 12.5. The molecule has 1 amide bonds. The molecule has 2 N–H and O–H groups in total. The molecule has 5 heteroatoms. The number of amides is 1. The Balaban J connectivity index is 1.91. The molecule has 0 saturated carbocycles. The van der Waals surface area contributed by atoms with Crippen LogP contribution in [0.3, 0.4) is 0 Å². The van der Waals surface area contributed by atoms with E-state index in [2.05, 4.69) is 17.6 Å². The summed E-state index contributed by atoms with van der Waals surface area (Å²) in [5, 5.41) is 5.99. The van der Waals surface area contributed by atoms with Gasteiger partial charge < -0.3 is 10.1 Å². The average molecular weight is 371 g/mol. The maximum absolute atomic E-state index is 12.5. The lowest BCUT2D eigenvalue weighted by atomic mass is 10.2. The predicted octanol–water partition coefficient (Wildman–Crippen LogP) is 5.08. The number of hydrogen-bond donors (Lipinski definition) is 2. The van der Waals surface area contributed by atoms with Gasteiger partial charge in [0, 0.05) is 5.69 Å². The van der Waals surface area contributed by atoms with Crippen molar-refractivity contribution in [3.8, 4) is 5.75 Å². The molecule has 0 radical (unpaired) electrons. The molecule has 0 atom stereocenters. The molecule has 0 heterocycles. The lowest BCUT2D eigenvalue weighted by molar-refractivity contribution is 0.0973. The van der Waals surface area contributed by atoms with E-state index in [1.54, 1.807) is 6.07 Å². The number of carbonyl (C=O) groups excluding carboxylic acids is 1. The SMILES string of the molecule is CCCCCCOc1ccccc1C(=O)NC(=S)Nc1ccc(C)cc1. The van der Waals surface area contributed by atoms with Crippen LogP contribution in [0.2, 0.25) is 0 Å². The summed E-state index contributed by atoms with van der Waals surface area (Å²) in [7, 11) is 0. The minimum Gasteiger partial charge on any atom is -0.493 e. The van der Waals surface area contributed by atoms with Gasteiger partial charge in [0.2, 0.25) is 0 Å². The molecule has 0 bridgehead atoms. The maximum Gasteiger partial charge on any atom is 0.261 e. The van der Waals surface area contributed by atoms with Crippen LogP contribution in [0.15, 0.2) is 48.5 Å². The first-order valence-electron chi connectivity index (χ1n) is 9.01. The number of anilines is 1. The molecular formula is C21H26N2O2S. The maximum atomic E-state index is 12.5. The topological polar surface area (TPSA) is 50.4 Å². The fourth-order valence-electron chi connectivity index (χ4n) is 2.46. The number of para-hydroxylation sites is 1. The van der Waals surface area contributed by atoms with Crippen molar-refractivity contribution in [3.63, 3.8) is 0 Å². The molecule has 138 valence electrons. The standard InChI is InChI=1S/C21H26N2O2S/c1-3-4-5-8-15-25-19-10-7-6-9-18(19)20(24)23-21(26)22-17-13-11-16(2)12-14-17/h6-7,9-14H,3-5,8,15H2,1-2H3,(H2,22,23,24,26). The van der Waals surface area contributed by atoms with Crippen LogP contribution in [-0.2, 0) is 0 Å². The zero-order valence-corrected chi connectivity index (χ0v) is 16.2. The van der Waals surface area contributed by atoms with Crippen LogP contribution in [0.25, 0.3) is 0 Å². The fourth-order valence-corrected chi connectivity index (χ4v) is 2.67. The van der Waals surface area contributed by atoms with Crippen molar-refractivity contribution in [2.75, 3.05) is 11.9 Å². The molecule has 2 aromatic rings. The van der Waals surface area contributed by atoms with Crippen LogP contribution < -0.4 is 15.4 Å². The first kappa shape index (κ1) is 19.9. The molecule has 0 aliphatic carbocycles. The zero-order valence-electron chi connectivity index (χ0n) is 15.4. The van der Waals surface area contributed by atoms with E-state index in [0.29, 0.717) is 17.9 Å². The Morgan fingerprint density at radius 2 is 1.77 bits per heavy atom. The van der Waals surface area contributed by atoms with Crippen molar-refractivity contribution < 1.29 is 9.53 Å². The van der Waals surface area contributed by atoms with E-state index in [4.69, 9.17) is 17.0 Å². The number of ether oxygens (including phenoxy) is 1. The third-order valence-corrected chi connectivity index (χ3v) is 4.13. The second kappa shape index (κ2) is 10.6. The summed E-state index contributed by atoms with van der Waals surface area (Å²) in [5.41, 5.74) is 2.48. The minimum absolute atomic E-state index is 0.261. The normalized spacial score (nSPS) is 10.2. The smallest absolute Gasteiger partial charge is 0.261 e. The van der Waals surface area contributed by atoms with Gasteiger partial charge in [-0.1, -0.05) is 56.0 Å². The van der Waals surface area contributed by atoms with E-state index in [1.165, 1.54) is 12.8 Å². The molecule has 2 aromatic carbocycles. The number of aryl methyl sites for hydroxylation is 1. The zero-order chi connectivity index (χ0) is 18.8. The molecule has 0 aromatic heterocycles. The molecule has 0 unspecified atom stereocenters. The Labute approximate surface area is 161 Å². The second-order valence-electron chi connectivity index (χ2n) is 6.18. The summed E-state index contributed by atoms with van der Waals surface area (Å²) in [6.45, 7) is 4.80. The quantitative estimate of drug-likeness (QED) is 0.502. The van der Waals surface area contributed by atoms with E-state index in [0.717, 1.165) is 24.1 Å². The lowest BCUT2D eigenvalue weighted by Gasteiger charge is -2.13. The Morgan fingerprint density at radius 1 is 1.04 bits per heavy atom. The Morgan fingerprint density at radius 3 is 2.50 bits per heavy atom. The third kappa shape index (κ3) is 6.48. The fraction of sp³-hybridized carbons (Fsp3) is 0.333. The van der Waals surface area contributed by atoms with Crippen LogP contribution in [0, 0.1) is 6.92 Å². The van der Waals surface area contributed by atoms with Crippen molar-refractivity contribution in [1.29, 1.82) is 0 Å². The number of rotatable bonds is 8. The summed E-state index contributed by atoms with van der Waals surface area (Å²) in [6.07, 6.45) is 4.50. The second-order valence-corrected chi connectivity index (χ2v) is 6.59. The number of unbranched alkanes of at least 4 members (excludes halogenated alkanes) is 3. The highest BCUT2D eigenvalue weighted by Gasteiger charge is 2.13. The Hall–Kier alpha value is -2.40. The molecule has 26 heavy (non-hydrogen) atoms. The molecule has 0 fully saturated rings. The molecule has 2 rings (SSSR count). The first-order chi connectivity index (χ1) is 12.6. The van der Waals surface area contributed by atoms with Gasteiger partial charge in [0.1, 0.15) is 5.75 Å². The van der Waals surface area contributed by atoms with Crippen LogP contribution in [0.1, 0.15) is 48.5 Å². The summed E-state index contributed by atoms with van der Waals surface area (Å²) in [5.74, 6) is 0.304. The lowest BCUT2D eigenvalue weighted by Crippen LogP contribution is -2.34. The van der Waals surface area contributed by atoms with Crippen molar-refractivity contribution in [3.05, 3.63) is 59.7 Å². The number of benzene rings is 2. The number of thiocarbonyl (C=S) groups is 1. The molecular weight excluding hydrogens is 344 g/mol. The van der Waals surface area contributed by atoms with Crippen molar-refractivity contribution >= 4 is 28.9 Å². The van der Waals surface area contributed by atoms with E-state index in [-0.39, 0.29) is 11.0 Å². The Bertz CT molecular complexity index is 729. The van der Waals surface area contributed by atoms with E-state index in [1.807, 2.05) is 49.4 Å². The van der Waals surface area contributed by atoms with Crippen molar-refractivity contribution in [2.24, 2.45) is 0 Å². The highest BCUT2D eigenvalue weighted by molar-refractivity contribution is 7.80. The molecule has 0 aliphatic heterocycles. The van der Waals surface area contributed by atoms with Gasteiger partial charge in [-0.3, -0.25) is 10.1 Å². The number of hydrogen-bond acceptors (Lipinski definition) is 3. The van der Waals surface area contributed by atoms with Crippen LogP contribution in [0.4, 0.5) is 5.69 Å². The van der Waals surface area contributed by atoms with Crippen LogP contribution >= 0.6 is 12.2 Å². The van der Waals surface area contributed by atoms with Gasteiger partial charge >= 0.3 is 0 Å². The third-order valence-electron chi connectivity index (χ3n) is 3.92.